The summed E-state index contributed by atoms with van der Waals surface area (Å²) in [5.74, 6) is -0.792. The molecule has 10 heteroatoms. The molecule has 1 saturated heterocycles. The molecule has 1 heterocycles. The van der Waals surface area contributed by atoms with Gasteiger partial charge in [-0.05, 0) is 35.4 Å². The molecule has 1 aliphatic rings. The van der Waals surface area contributed by atoms with Gasteiger partial charge in [0.05, 0.1) is 0 Å². The number of rotatable bonds is 6. The first-order valence-electron chi connectivity index (χ1n) is 9.99. The van der Waals surface area contributed by atoms with E-state index in [1.54, 1.807) is 32.0 Å². The number of hydrogen-bond acceptors (Lipinski definition) is 4. The Morgan fingerprint density at radius 2 is 1.91 bits per heavy atom. The summed E-state index contributed by atoms with van der Waals surface area (Å²) in [6.07, 6.45) is -5.27. The number of halogens is 4. The molecule has 2 unspecified atom stereocenters. The van der Waals surface area contributed by atoms with Crippen molar-refractivity contribution < 1.29 is 27.5 Å². The zero-order chi connectivity index (χ0) is 23.5. The molecule has 0 bridgehead atoms. The zero-order valence-corrected chi connectivity index (χ0v) is 18.2. The highest BCUT2D eigenvalue weighted by atomic mass is 35.5. The summed E-state index contributed by atoms with van der Waals surface area (Å²) in [5.41, 5.74) is 2.07. The molecular weight excluding hydrogens is 447 g/mol. The van der Waals surface area contributed by atoms with Gasteiger partial charge in [0.15, 0.2) is 0 Å². The number of carbonyl (C=O) groups excluding carboxylic acids is 2. The first-order valence-corrected chi connectivity index (χ1v) is 10.4. The Labute approximate surface area is 188 Å². The SMILES string of the molecule is CC(C)C(=O)NCc1ccc(Cl)c(C2NC(=O)CC(c3ccc(OC(F)(F)F)cc3)N2)c1. The molecule has 1 fully saturated rings. The zero-order valence-electron chi connectivity index (χ0n) is 17.4. The van der Waals surface area contributed by atoms with Gasteiger partial charge in [0.2, 0.25) is 11.8 Å². The average Bonchev–Trinajstić information content (AvgIpc) is 2.71. The van der Waals surface area contributed by atoms with Crippen molar-refractivity contribution in [1.82, 2.24) is 16.0 Å². The summed E-state index contributed by atoms with van der Waals surface area (Å²) >= 11 is 6.36. The molecule has 0 aliphatic carbocycles. The van der Waals surface area contributed by atoms with Gasteiger partial charge < -0.3 is 15.4 Å². The van der Waals surface area contributed by atoms with Gasteiger partial charge in [-0.1, -0.05) is 43.6 Å². The number of amides is 2. The van der Waals surface area contributed by atoms with Gasteiger partial charge in [0.25, 0.3) is 0 Å². The molecule has 0 saturated carbocycles. The van der Waals surface area contributed by atoms with E-state index in [9.17, 15) is 22.8 Å². The van der Waals surface area contributed by atoms with E-state index in [0.29, 0.717) is 22.7 Å². The van der Waals surface area contributed by atoms with Crippen molar-refractivity contribution in [2.24, 2.45) is 5.92 Å². The Hall–Kier alpha value is -2.78. The summed E-state index contributed by atoms with van der Waals surface area (Å²) in [7, 11) is 0. The Balaban J connectivity index is 1.75. The maximum atomic E-state index is 12.4. The van der Waals surface area contributed by atoms with Crippen LogP contribution in [0.3, 0.4) is 0 Å². The fourth-order valence-electron chi connectivity index (χ4n) is 3.31. The van der Waals surface area contributed by atoms with Gasteiger partial charge in [0.1, 0.15) is 11.9 Å². The summed E-state index contributed by atoms with van der Waals surface area (Å²) in [6.45, 7) is 3.91. The van der Waals surface area contributed by atoms with Gasteiger partial charge in [-0.3, -0.25) is 14.9 Å². The molecule has 32 heavy (non-hydrogen) atoms. The van der Waals surface area contributed by atoms with Crippen LogP contribution in [0.4, 0.5) is 13.2 Å². The summed E-state index contributed by atoms with van der Waals surface area (Å²) < 4.78 is 41.0. The molecule has 1 aliphatic heterocycles. The van der Waals surface area contributed by atoms with Crippen LogP contribution in [0.15, 0.2) is 42.5 Å². The van der Waals surface area contributed by atoms with E-state index in [4.69, 9.17) is 11.6 Å². The third-order valence-electron chi connectivity index (χ3n) is 4.94. The Morgan fingerprint density at radius 1 is 1.22 bits per heavy atom. The maximum Gasteiger partial charge on any atom is 0.573 e. The summed E-state index contributed by atoms with van der Waals surface area (Å²) in [5, 5.41) is 9.36. The molecule has 0 radical (unpaired) electrons. The minimum absolute atomic E-state index is 0.0800. The van der Waals surface area contributed by atoms with Crippen LogP contribution in [0.5, 0.6) is 5.75 Å². The van der Waals surface area contributed by atoms with Gasteiger partial charge in [0, 0.05) is 35.5 Å². The van der Waals surface area contributed by atoms with Crippen molar-refractivity contribution in [2.45, 2.75) is 45.4 Å². The highest BCUT2D eigenvalue weighted by Crippen LogP contribution is 2.31. The van der Waals surface area contributed by atoms with Crippen molar-refractivity contribution in [3.8, 4) is 5.75 Å². The molecule has 2 aromatic rings. The third kappa shape index (κ3) is 6.37. The van der Waals surface area contributed by atoms with E-state index < -0.39 is 18.6 Å². The summed E-state index contributed by atoms with van der Waals surface area (Å²) in [4.78, 5) is 24.2. The molecular formula is C22H23ClF3N3O3. The minimum Gasteiger partial charge on any atom is -0.406 e. The lowest BCUT2D eigenvalue weighted by Crippen LogP contribution is -2.46. The fraction of sp³-hybridized carbons (Fsp3) is 0.364. The molecule has 0 aromatic heterocycles. The van der Waals surface area contributed by atoms with Crippen molar-refractivity contribution in [3.05, 3.63) is 64.2 Å². The highest BCUT2D eigenvalue weighted by Gasteiger charge is 2.32. The number of hydrogen-bond donors (Lipinski definition) is 3. The second kappa shape index (κ2) is 9.79. The van der Waals surface area contributed by atoms with Crippen LogP contribution in [0.2, 0.25) is 5.02 Å². The number of carbonyl (C=O) groups is 2. The molecule has 172 valence electrons. The summed E-state index contributed by atoms with van der Waals surface area (Å²) in [6, 6.07) is 10.2. The first-order chi connectivity index (χ1) is 15.0. The van der Waals surface area contributed by atoms with E-state index in [1.165, 1.54) is 24.3 Å². The van der Waals surface area contributed by atoms with Crippen LogP contribution in [0.1, 0.15) is 49.2 Å². The standard InChI is InChI=1S/C22H23ClF3N3O3/c1-12(2)21(31)27-11-13-3-8-17(23)16(9-13)20-28-18(10-19(30)29-20)14-4-6-15(7-5-14)32-22(24,25)26/h3-9,12,18,20,28H,10-11H2,1-2H3,(H,27,31)(H,29,30). The van der Waals surface area contributed by atoms with Crippen LogP contribution < -0.4 is 20.7 Å². The quantitative estimate of drug-likeness (QED) is 0.587. The predicted molar refractivity (Wildman–Crippen MR) is 113 cm³/mol. The van der Waals surface area contributed by atoms with Crippen LogP contribution in [-0.4, -0.2) is 18.2 Å². The number of ether oxygens (including phenoxy) is 1. The number of alkyl halides is 3. The fourth-order valence-corrected chi connectivity index (χ4v) is 3.53. The lowest BCUT2D eigenvalue weighted by molar-refractivity contribution is -0.274. The van der Waals surface area contributed by atoms with Gasteiger partial charge in [-0.25, -0.2) is 0 Å². The topological polar surface area (TPSA) is 79.5 Å². The van der Waals surface area contributed by atoms with Gasteiger partial charge >= 0.3 is 6.36 Å². The van der Waals surface area contributed by atoms with E-state index >= 15 is 0 Å². The third-order valence-corrected chi connectivity index (χ3v) is 5.29. The predicted octanol–water partition coefficient (Wildman–Crippen LogP) is 4.36. The van der Waals surface area contributed by atoms with Crippen molar-refractivity contribution in [1.29, 1.82) is 0 Å². The van der Waals surface area contributed by atoms with E-state index in [1.807, 2.05) is 0 Å². The second-order valence-corrected chi connectivity index (χ2v) is 8.18. The van der Waals surface area contributed by atoms with Crippen LogP contribution in [-0.2, 0) is 16.1 Å². The second-order valence-electron chi connectivity index (χ2n) is 7.77. The monoisotopic (exact) mass is 469 g/mol. The molecule has 0 spiro atoms. The minimum atomic E-state index is -4.77. The van der Waals surface area contributed by atoms with E-state index in [0.717, 1.165) is 5.56 Å². The number of benzene rings is 2. The largest absolute Gasteiger partial charge is 0.573 e. The molecule has 6 nitrogen and oxygen atoms in total. The van der Waals surface area contributed by atoms with Crippen molar-refractivity contribution >= 4 is 23.4 Å². The normalized spacial score (nSPS) is 18.9. The van der Waals surface area contributed by atoms with Gasteiger partial charge in [-0.2, -0.15) is 0 Å². The van der Waals surface area contributed by atoms with E-state index in [2.05, 4.69) is 20.7 Å². The van der Waals surface area contributed by atoms with Crippen molar-refractivity contribution in [2.75, 3.05) is 0 Å². The smallest absolute Gasteiger partial charge is 0.406 e. The Bertz CT molecular complexity index is 981. The Kier molecular flexibility index (Phi) is 7.30. The molecule has 2 aromatic carbocycles. The Morgan fingerprint density at radius 3 is 2.53 bits per heavy atom. The van der Waals surface area contributed by atoms with Crippen molar-refractivity contribution in [3.63, 3.8) is 0 Å². The lowest BCUT2D eigenvalue weighted by atomic mass is 9.98. The highest BCUT2D eigenvalue weighted by molar-refractivity contribution is 6.31. The molecule has 3 rings (SSSR count). The van der Waals surface area contributed by atoms with Crippen LogP contribution >= 0.6 is 11.6 Å². The molecule has 2 amide bonds. The lowest BCUT2D eigenvalue weighted by Gasteiger charge is -2.33. The molecule has 2 atom stereocenters. The van der Waals surface area contributed by atoms with Crippen LogP contribution in [0, 0.1) is 5.92 Å². The van der Waals surface area contributed by atoms with Gasteiger partial charge in [-0.15, -0.1) is 13.2 Å². The maximum absolute atomic E-state index is 12.4. The molecule has 3 N–H and O–H groups in total. The number of nitrogens with one attached hydrogen (secondary N) is 3. The van der Waals surface area contributed by atoms with E-state index in [-0.39, 0.29) is 29.9 Å². The first kappa shape index (κ1) is 23.9. The average molecular weight is 470 g/mol. The van der Waals surface area contributed by atoms with Crippen LogP contribution in [0.25, 0.3) is 0 Å².